The second-order valence-corrected chi connectivity index (χ2v) is 18.1. The molecule has 0 atom stereocenters. The number of nitrogens with zero attached hydrogens (tertiary/aromatic N) is 2. The van der Waals surface area contributed by atoms with E-state index in [0.29, 0.717) is 12.1 Å². The predicted octanol–water partition coefficient (Wildman–Crippen LogP) is 4.47. The highest BCUT2D eigenvalue weighted by atomic mass is 28.3. The first-order valence-corrected chi connectivity index (χ1v) is 14.8. The molecule has 2 nitrogen and oxygen atoms in total. The van der Waals surface area contributed by atoms with Gasteiger partial charge in [0, 0.05) is 0 Å². The van der Waals surface area contributed by atoms with E-state index in [4.69, 9.17) is 0 Å². The van der Waals surface area contributed by atoms with Gasteiger partial charge in [-0.05, 0) is 31.6 Å². The van der Waals surface area contributed by atoms with Crippen molar-refractivity contribution in [1.82, 2.24) is 9.13 Å². The predicted molar refractivity (Wildman–Crippen MR) is 95.0 cm³/mol. The Labute approximate surface area is 124 Å². The fraction of sp³-hybridized carbons (Fsp3) is 1.00. The average molecular weight is 303 g/mol. The molecule has 0 aliphatic rings. The van der Waals surface area contributed by atoms with Gasteiger partial charge in [0.25, 0.3) is 0 Å². The summed E-state index contributed by atoms with van der Waals surface area (Å²) in [5.41, 5.74) is 0. The molecular weight excluding hydrogens is 264 g/mol. The highest BCUT2D eigenvalue weighted by molar-refractivity contribution is 6.73. The van der Waals surface area contributed by atoms with Crippen molar-refractivity contribution in [2.45, 2.75) is 85.5 Å². The van der Waals surface area contributed by atoms with Crippen LogP contribution in [0.4, 0.5) is 0 Å². The summed E-state index contributed by atoms with van der Waals surface area (Å²) >= 11 is 0. The molecule has 0 aliphatic heterocycles. The van der Waals surface area contributed by atoms with Gasteiger partial charge < -0.3 is 9.13 Å². The molecule has 0 radical (unpaired) electrons. The van der Waals surface area contributed by atoms with Crippen LogP contribution in [-0.2, 0) is 0 Å². The van der Waals surface area contributed by atoms with Crippen LogP contribution in [0.1, 0.15) is 34.1 Å². The molecular formula is C15H38N2Si2. The summed E-state index contributed by atoms with van der Waals surface area (Å²) < 4.78 is 5.52. The largest absolute Gasteiger partial charge is 0.322 e. The molecule has 0 fully saturated rings. The zero-order chi connectivity index (χ0) is 15.4. The first kappa shape index (κ1) is 19.4. The topological polar surface area (TPSA) is 6.48 Å². The second-order valence-electron chi connectivity index (χ2n) is 8.27. The molecule has 0 amide bonds. The Morgan fingerprint density at radius 2 is 0.895 bits per heavy atom. The summed E-state index contributed by atoms with van der Waals surface area (Å²) in [6, 6.07) is 1.37. The standard InChI is InChI=1S/C15H38N2Si2/c1-14(2)16(18(5,6)7)12-11-13-17(15(3)4)19(8,9)10/h14-15H,11-13H2,1-10H3. The van der Waals surface area contributed by atoms with Crippen LogP contribution in [0.3, 0.4) is 0 Å². The van der Waals surface area contributed by atoms with E-state index in [1.54, 1.807) is 0 Å². The minimum atomic E-state index is -1.17. The Bertz CT molecular complexity index is 226. The maximum Gasteiger partial charge on any atom is 0.119 e. The molecule has 0 aromatic carbocycles. The maximum atomic E-state index is 2.76. The van der Waals surface area contributed by atoms with Crippen molar-refractivity contribution in [3.8, 4) is 0 Å². The molecule has 0 rings (SSSR count). The van der Waals surface area contributed by atoms with Gasteiger partial charge in [0.05, 0.1) is 0 Å². The molecule has 0 unspecified atom stereocenters. The molecule has 0 bridgehead atoms. The quantitative estimate of drug-likeness (QED) is 0.611. The fourth-order valence-corrected chi connectivity index (χ4v) is 7.90. The van der Waals surface area contributed by atoms with Crippen molar-refractivity contribution in [1.29, 1.82) is 0 Å². The normalized spacial score (nSPS) is 14.2. The Balaban J connectivity index is 4.47. The molecule has 0 N–H and O–H groups in total. The summed E-state index contributed by atoms with van der Waals surface area (Å²) in [4.78, 5) is 0. The third kappa shape index (κ3) is 7.07. The van der Waals surface area contributed by atoms with Crippen molar-refractivity contribution in [3.63, 3.8) is 0 Å². The minimum absolute atomic E-state index is 0.686. The van der Waals surface area contributed by atoms with E-state index in [0.717, 1.165) is 0 Å². The maximum absolute atomic E-state index is 2.76. The lowest BCUT2D eigenvalue weighted by Crippen LogP contribution is -2.53. The Kier molecular flexibility index (Phi) is 7.52. The van der Waals surface area contributed by atoms with Crippen LogP contribution in [0.25, 0.3) is 0 Å². The van der Waals surface area contributed by atoms with Gasteiger partial charge in [0.15, 0.2) is 0 Å². The summed E-state index contributed by atoms with van der Waals surface area (Å²) in [5, 5.41) is 0. The highest BCUT2D eigenvalue weighted by Crippen LogP contribution is 2.17. The molecule has 0 saturated heterocycles. The van der Waals surface area contributed by atoms with Crippen LogP contribution in [0.5, 0.6) is 0 Å². The van der Waals surface area contributed by atoms with E-state index in [2.05, 4.69) is 76.1 Å². The van der Waals surface area contributed by atoms with E-state index in [1.807, 2.05) is 0 Å². The zero-order valence-electron chi connectivity index (χ0n) is 15.2. The van der Waals surface area contributed by atoms with Crippen LogP contribution in [0.15, 0.2) is 0 Å². The molecule has 0 aliphatic carbocycles. The van der Waals surface area contributed by atoms with Crippen molar-refractivity contribution in [3.05, 3.63) is 0 Å². The lowest BCUT2D eigenvalue weighted by molar-refractivity contribution is 0.300. The molecule has 0 aromatic rings. The lowest BCUT2D eigenvalue weighted by Gasteiger charge is -2.41. The number of hydrogen-bond donors (Lipinski definition) is 0. The van der Waals surface area contributed by atoms with E-state index < -0.39 is 16.5 Å². The van der Waals surface area contributed by atoms with E-state index >= 15 is 0 Å². The third-order valence-electron chi connectivity index (χ3n) is 3.77. The van der Waals surface area contributed by atoms with Crippen LogP contribution in [-0.4, -0.2) is 50.8 Å². The van der Waals surface area contributed by atoms with Gasteiger partial charge >= 0.3 is 0 Å². The van der Waals surface area contributed by atoms with Crippen molar-refractivity contribution < 1.29 is 0 Å². The molecule has 4 heteroatoms. The van der Waals surface area contributed by atoms with Crippen molar-refractivity contribution >= 4 is 16.5 Å². The summed E-state index contributed by atoms with van der Waals surface area (Å²) in [5.74, 6) is 0. The summed E-state index contributed by atoms with van der Waals surface area (Å²) in [6.07, 6.45) is 1.31. The molecule has 0 spiro atoms. The van der Waals surface area contributed by atoms with Gasteiger partial charge in [-0.2, -0.15) is 0 Å². The lowest BCUT2D eigenvalue weighted by atomic mass is 10.3. The van der Waals surface area contributed by atoms with Crippen LogP contribution < -0.4 is 0 Å². The SMILES string of the molecule is CC(C)N(CCCN(C(C)C)[Si](C)(C)C)[Si](C)(C)C. The minimum Gasteiger partial charge on any atom is -0.322 e. The average Bonchev–Trinajstić information content (AvgIpc) is 2.11. The fourth-order valence-electron chi connectivity index (χ4n) is 3.15. The third-order valence-corrected chi connectivity index (χ3v) is 8.69. The molecule has 0 heterocycles. The van der Waals surface area contributed by atoms with Crippen LogP contribution in [0, 0.1) is 0 Å². The van der Waals surface area contributed by atoms with Crippen molar-refractivity contribution in [2.75, 3.05) is 13.1 Å². The Morgan fingerprint density at radius 1 is 0.632 bits per heavy atom. The summed E-state index contributed by atoms with van der Waals surface area (Å²) in [7, 11) is -2.34. The smallest absolute Gasteiger partial charge is 0.119 e. The van der Waals surface area contributed by atoms with E-state index in [-0.39, 0.29) is 0 Å². The van der Waals surface area contributed by atoms with Crippen molar-refractivity contribution in [2.24, 2.45) is 0 Å². The number of rotatable bonds is 8. The van der Waals surface area contributed by atoms with E-state index in [1.165, 1.54) is 19.5 Å². The Morgan fingerprint density at radius 3 is 1.05 bits per heavy atom. The van der Waals surface area contributed by atoms with Gasteiger partial charge in [0.1, 0.15) is 16.5 Å². The molecule has 0 aromatic heterocycles. The van der Waals surface area contributed by atoms with Gasteiger partial charge in [-0.1, -0.05) is 67.0 Å². The van der Waals surface area contributed by atoms with Gasteiger partial charge in [-0.25, -0.2) is 0 Å². The van der Waals surface area contributed by atoms with Gasteiger partial charge in [0.2, 0.25) is 0 Å². The number of hydrogen-bond acceptors (Lipinski definition) is 2. The monoisotopic (exact) mass is 302 g/mol. The molecule has 19 heavy (non-hydrogen) atoms. The summed E-state index contributed by atoms with van der Waals surface area (Å²) in [6.45, 7) is 26.7. The Hall–Kier alpha value is 0.354. The first-order chi connectivity index (χ1) is 8.37. The van der Waals surface area contributed by atoms with Crippen LogP contribution in [0.2, 0.25) is 39.3 Å². The highest BCUT2D eigenvalue weighted by Gasteiger charge is 2.28. The zero-order valence-corrected chi connectivity index (χ0v) is 17.2. The molecule has 116 valence electrons. The van der Waals surface area contributed by atoms with E-state index in [9.17, 15) is 0 Å². The van der Waals surface area contributed by atoms with Gasteiger partial charge in [-0.3, -0.25) is 0 Å². The van der Waals surface area contributed by atoms with Gasteiger partial charge in [-0.15, -0.1) is 0 Å². The first-order valence-electron chi connectivity index (χ1n) is 7.91. The van der Waals surface area contributed by atoms with Crippen LogP contribution >= 0.6 is 0 Å². The molecule has 0 saturated carbocycles. The second kappa shape index (κ2) is 7.39.